The minimum atomic E-state index is -3.79. The van der Waals surface area contributed by atoms with Crippen molar-refractivity contribution in [3.05, 3.63) is 0 Å². The van der Waals surface area contributed by atoms with Crippen molar-refractivity contribution < 1.29 is 65.3 Å². The summed E-state index contributed by atoms with van der Waals surface area (Å²) in [5, 5.41) is 0. The summed E-state index contributed by atoms with van der Waals surface area (Å²) in [6, 6.07) is 0. The van der Waals surface area contributed by atoms with E-state index < -0.39 is 22.6 Å². The number of ketones is 6. The molecule has 0 rings (SSSR count). The molecule has 0 spiro atoms. The maximum atomic E-state index is 10.9. The number of rotatable bonds is 11. The summed E-state index contributed by atoms with van der Waals surface area (Å²) in [5.41, 5.74) is 0. The van der Waals surface area contributed by atoms with Gasteiger partial charge in [-0.2, -0.15) is 0 Å². The Bertz CT molecular complexity index is 516. The Balaban J connectivity index is -0.000000162. The zero-order chi connectivity index (χ0) is 24.7. The number of hydrogen-bond acceptors (Lipinski definition) is 8. The van der Waals surface area contributed by atoms with E-state index in [0.29, 0.717) is 6.61 Å². The van der Waals surface area contributed by atoms with Gasteiger partial charge in [-0.25, -0.2) is 0 Å². The first-order valence-electron chi connectivity index (χ1n) is 9.14. The number of Topliss-reactive ketones (excluding diaryl/α,β-unsaturated/α-hetero) is 6. The van der Waals surface area contributed by atoms with E-state index in [1.807, 2.05) is 0 Å². The van der Waals surface area contributed by atoms with Gasteiger partial charge >= 0.3 is 31.8 Å². The van der Waals surface area contributed by atoms with Gasteiger partial charge in [0.05, 0.1) is 19.3 Å². The number of carbonyl (C=O) groups is 6. The minimum absolute atomic E-state index is 0.00608. The van der Waals surface area contributed by atoms with Crippen molar-refractivity contribution in [3.8, 4) is 0 Å². The molecule has 0 bridgehead atoms. The van der Waals surface area contributed by atoms with Crippen molar-refractivity contribution in [2.45, 2.75) is 73.6 Å². The molecule has 0 aromatic heterocycles. The molecular formula is C19H34O10Zr. The Labute approximate surface area is 186 Å². The molecule has 2 N–H and O–H groups in total. The second-order valence-corrected chi connectivity index (χ2v) is 7.66. The molecule has 174 valence electrons. The predicted octanol–water partition coefficient (Wildman–Crippen LogP) is 1.22. The second-order valence-electron chi connectivity index (χ2n) is 6.27. The van der Waals surface area contributed by atoms with Crippen LogP contribution < -0.4 is 0 Å². The number of unbranched alkanes of at least 4 members (excludes halogenated alkanes) is 1. The molecule has 0 aliphatic heterocycles. The third-order valence-corrected chi connectivity index (χ3v) is 2.35. The van der Waals surface area contributed by atoms with Crippen LogP contribution in [0.1, 0.15) is 73.6 Å². The molecule has 0 aromatic carbocycles. The predicted molar refractivity (Wildman–Crippen MR) is 103 cm³/mol. The fourth-order valence-corrected chi connectivity index (χ4v) is 1.46. The van der Waals surface area contributed by atoms with E-state index in [-0.39, 0.29) is 60.6 Å². The summed E-state index contributed by atoms with van der Waals surface area (Å²) in [7, 11) is 0. The van der Waals surface area contributed by atoms with Gasteiger partial charge in [-0.15, -0.1) is 0 Å². The van der Waals surface area contributed by atoms with Crippen LogP contribution in [-0.2, 0) is 59.0 Å². The Kier molecular flexibility index (Phi) is 30.7. The SMILES string of the molecule is CC(=O)CC(C)=O.CC(=O)CC(C)=O.CCCCOCC(=O)CC(C)=O.[O]=[Zr]([OH])[OH]. The van der Waals surface area contributed by atoms with Crippen LogP contribution in [0, 0.1) is 0 Å². The third-order valence-electron chi connectivity index (χ3n) is 2.35. The van der Waals surface area contributed by atoms with E-state index in [4.69, 9.17) is 13.9 Å². The fourth-order valence-electron chi connectivity index (χ4n) is 1.46. The van der Waals surface area contributed by atoms with Crippen LogP contribution >= 0.6 is 0 Å². The molecule has 0 aromatic rings. The second kappa shape index (κ2) is 25.6. The zero-order valence-corrected chi connectivity index (χ0v) is 21.1. The first-order valence-corrected chi connectivity index (χ1v) is 12.3. The molecule has 11 heteroatoms. The Morgan fingerprint density at radius 2 is 1.00 bits per heavy atom. The monoisotopic (exact) mass is 512 g/mol. The first-order chi connectivity index (χ1) is 13.6. The van der Waals surface area contributed by atoms with Crippen LogP contribution in [0.15, 0.2) is 0 Å². The molecule has 0 saturated heterocycles. The molecule has 0 aliphatic rings. The van der Waals surface area contributed by atoms with E-state index in [9.17, 15) is 28.8 Å². The van der Waals surface area contributed by atoms with Crippen molar-refractivity contribution in [1.82, 2.24) is 0 Å². The van der Waals surface area contributed by atoms with Crippen LogP contribution in [0.25, 0.3) is 0 Å². The van der Waals surface area contributed by atoms with Gasteiger partial charge in [-0.1, -0.05) is 13.3 Å². The van der Waals surface area contributed by atoms with Gasteiger partial charge in [-0.3, -0.25) is 28.8 Å². The standard InChI is InChI=1S/C9H16O3.2C5H8O2.2H2O.O.Zr/c1-3-4-5-12-7-9(11)6-8(2)10;2*1-4(6)3-5(2)7;;;;/h3-7H2,1-2H3;2*3H2,1-2H3;2*1H2;;/q;;;;;;+2/p-2. The third kappa shape index (κ3) is 63.3. The van der Waals surface area contributed by atoms with Crippen molar-refractivity contribution in [1.29, 1.82) is 0 Å². The van der Waals surface area contributed by atoms with Gasteiger partial charge in [-0.05, 0) is 41.0 Å². The van der Waals surface area contributed by atoms with Crippen LogP contribution in [-0.4, -0.2) is 54.3 Å². The summed E-state index contributed by atoms with van der Waals surface area (Å²) in [4.78, 5) is 61.5. The van der Waals surface area contributed by atoms with Gasteiger partial charge in [0.25, 0.3) is 0 Å². The van der Waals surface area contributed by atoms with Crippen molar-refractivity contribution in [2.24, 2.45) is 0 Å². The molecule has 0 aliphatic carbocycles. The molecular weight excluding hydrogens is 479 g/mol. The van der Waals surface area contributed by atoms with E-state index in [1.165, 1.54) is 34.6 Å². The van der Waals surface area contributed by atoms with E-state index in [0.717, 1.165) is 12.8 Å². The van der Waals surface area contributed by atoms with Gasteiger partial charge in [0.2, 0.25) is 0 Å². The molecule has 0 saturated carbocycles. The molecule has 10 nitrogen and oxygen atoms in total. The van der Waals surface area contributed by atoms with Crippen molar-refractivity contribution in [3.63, 3.8) is 0 Å². The van der Waals surface area contributed by atoms with Crippen LogP contribution in [0.4, 0.5) is 0 Å². The van der Waals surface area contributed by atoms with Crippen molar-refractivity contribution in [2.75, 3.05) is 13.2 Å². The van der Waals surface area contributed by atoms with Crippen molar-refractivity contribution >= 4 is 34.7 Å². The topological polar surface area (TPSA) is 169 Å². The summed E-state index contributed by atoms with van der Waals surface area (Å²) < 4.78 is 28.4. The molecule has 30 heavy (non-hydrogen) atoms. The quantitative estimate of drug-likeness (QED) is 0.302. The van der Waals surface area contributed by atoms with E-state index in [2.05, 4.69) is 6.92 Å². The number of hydrogen-bond donors (Lipinski definition) is 2. The first kappa shape index (κ1) is 36.0. The zero-order valence-electron chi connectivity index (χ0n) is 18.6. The molecule has 0 fully saturated rings. The van der Waals surface area contributed by atoms with E-state index in [1.54, 1.807) is 0 Å². The average molecular weight is 514 g/mol. The Morgan fingerprint density at radius 1 is 0.700 bits per heavy atom. The van der Waals surface area contributed by atoms with Gasteiger partial charge in [0.1, 0.15) is 35.5 Å². The molecule has 0 amide bonds. The molecule has 0 radical (unpaired) electrons. The number of ether oxygens (including phenoxy) is 1. The summed E-state index contributed by atoms with van der Waals surface area (Å²) in [5.74, 6) is -0.474. The Hall–Kier alpha value is -1.42. The fraction of sp³-hybridized carbons (Fsp3) is 0.684. The van der Waals surface area contributed by atoms with Gasteiger partial charge < -0.3 is 4.74 Å². The van der Waals surface area contributed by atoms with Gasteiger partial charge in [0, 0.05) is 6.61 Å². The summed E-state index contributed by atoms with van der Waals surface area (Å²) in [6.45, 7) is 9.77. The maximum absolute atomic E-state index is 10.9. The average Bonchev–Trinajstić information content (AvgIpc) is 2.48. The molecule has 0 heterocycles. The summed E-state index contributed by atoms with van der Waals surface area (Å²) in [6.07, 6.45) is 2.19. The molecule has 0 atom stereocenters. The van der Waals surface area contributed by atoms with E-state index >= 15 is 0 Å². The summed E-state index contributed by atoms with van der Waals surface area (Å²) >= 11 is -3.79. The Morgan fingerprint density at radius 3 is 1.20 bits per heavy atom. The van der Waals surface area contributed by atoms with Crippen LogP contribution in [0.3, 0.4) is 0 Å². The molecule has 0 unspecified atom stereocenters. The number of carbonyl (C=O) groups excluding carboxylic acids is 6. The normalized spacial score (nSPS) is 8.67. The van der Waals surface area contributed by atoms with Crippen LogP contribution in [0.2, 0.25) is 0 Å². The van der Waals surface area contributed by atoms with Crippen LogP contribution in [0.5, 0.6) is 0 Å². The van der Waals surface area contributed by atoms with Gasteiger partial charge in [0.15, 0.2) is 5.78 Å².